The van der Waals surface area contributed by atoms with Crippen LogP contribution in [0.15, 0.2) is 30.5 Å². The normalized spacial score (nSPS) is 16.7. The standard InChI is InChI=1S/C15H16N2O3.ClH/c1-20-13-4-2-3-10(7-13)14-16-8-12-6-5-11(15(18)19)9-17(12)14;/h2-4,7-8,11H,5-6,9H2,1H3,(H,18,19);1H. The number of hydrogen-bond acceptors (Lipinski definition) is 3. The van der Waals surface area contributed by atoms with Crippen LogP contribution in [0.4, 0.5) is 0 Å². The van der Waals surface area contributed by atoms with Crippen molar-refractivity contribution in [2.24, 2.45) is 5.92 Å². The van der Waals surface area contributed by atoms with Crippen molar-refractivity contribution in [3.05, 3.63) is 36.2 Å². The van der Waals surface area contributed by atoms with Crippen LogP contribution in [0.5, 0.6) is 5.75 Å². The molecule has 2 aromatic rings. The largest absolute Gasteiger partial charge is 0.497 e. The second-order valence-corrected chi connectivity index (χ2v) is 4.99. The highest BCUT2D eigenvalue weighted by atomic mass is 35.5. The fourth-order valence-electron chi connectivity index (χ4n) is 2.64. The van der Waals surface area contributed by atoms with Crippen LogP contribution in [0.3, 0.4) is 0 Å². The number of aliphatic carboxylic acids is 1. The Morgan fingerprint density at radius 1 is 1.48 bits per heavy atom. The first-order valence-electron chi connectivity index (χ1n) is 6.60. The summed E-state index contributed by atoms with van der Waals surface area (Å²) in [6, 6.07) is 7.67. The van der Waals surface area contributed by atoms with Gasteiger partial charge in [0.05, 0.1) is 13.0 Å². The Labute approximate surface area is 129 Å². The van der Waals surface area contributed by atoms with Crippen LogP contribution in [0, 0.1) is 5.92 Å². The Balaban J connectivity index is 0.00000161. The third-order valence-electron chi connectivity index (χ3n) is 3.77. The van der Waals surface area contributed by atoms with Crippen LogP contribution < -0.4 is 4.74 Å². The zero-order chi connectivity index (χ0) is 14.1. The molecule has 2 heterocycles. The van der Waals surface area contributed by atoms with E-state index >= 15 is 0 Å². The molecule has 1 unspecified atom stereocenters. The van der Waals surface area contributed by atoms with Crippen molar-refractivity contribution in [1.29, 1.82) is 0 Å². The number of carboxylic acid groups (broad SMARTS) is 1. The monoisotopic (exact) mass is 308 g/mol. The quantitative estimate of drug-likeness (QED) is 0.946. The summed E-state index contributed by atoms with van der Waals surface area (Å²) in [5.41, 5.74) is 2.04. The van der Waals surface area contributed by atoms with Gasteiger partial charge in [0, 0.05) is 24.0 Å². The van der Waals surface area contributed by atoms with E-state index in [2.05, 4.69) is 4.98 Å². The lowest BCUT2D eigenvalue weighted by Gasteiger charge is -2.22. The highest BCUT2D eigenvalue weighted by molar-refractivity contribution is 5.85. The van der Waals surface area contributed by atoms with Crippen LogP contribution in [0.2, 0.25) is 0 Å². The van der Waals surface area contributed by atoms with Crippen molar-refractivity contribution in [3.8, 4) is 17.1 Å². The molecule has 0 bridgehead atoms. The van der Waals surface area contributed by atoms with Crippen LogP contribution in [-0.2, 0) is 17.8 Å². The minimum Gasteiger partial charge on any atom is -0.497 e. The molecule has 3 rings (SSSR count). The number of benzene rings is 1. The lowest BCUT2D eigenvalue weighted by atomic mass is 9.98. The first-order chi connectivity index (χ1) is 9.69. The van der Waals surface area contributed by atoms with E-state index in [1.165, 1.54) is 0 Å². The molecule has 1 aromatic heterocycles. The van der Waals surface area contributed by atoms with Gasteiger partial charge >= 0.3 is 5.97 Å². The summed E-state index contributed by atoms with van der Waals surface area (Å²) in [5, 5.41) is 9.19. The second kappa shape index (κ2) is 6.18. The summed E-state index contributed by atoms with van der Waals surface area (Å²) >= 11 is 0. The summed E-state index contributed by atoms with van der Waals surface area (Å²) in [6.45, 7) is 0.483. The molecule has 0 aliphatic carbocycles. The Morgan fingerprint density at radius 2 is 2.29 bits per heavy atom. The van der Waals surface area contributed by atoms with E-state index in [1.807, 2.05) is 35.0 Å². The molecular formula is C15H17ClN2O3. The van der Waals surface area contributed by atoms with Gasteiger partial charge in [-0.05, 0) is 25.0 Å². The van der Waals surface area contributed by atoms with Gasteiger partial charge in [-0.15, -0.1) is 12.4 Å². The molecule has 0 saturated heterocycles. The molecular weight excluding hydrogens is 292 g/mol. The van der Waals surface area contributed by atoms with Crippen molar-refractivity contribution >= 4 is 18.4 Å². The highest BCUT2D eigenvalue weighted by Gasteiger charge is 2.26. The van der Waals surface area contributed by atoms with Gasteiger partial charge in [0.15, 0.2) is 0 Å². The van der Waals surface area contributed by atoms with E-state index in [4.69, 9.17) is 4.74 Å². The number of aromatic nitrogens is 2. The van der Waals surface area contributed by atoms with Crippen molar-refractivity contribution < 1.29 is 14.6 Å². The Bertz CT molecular complexity index is 654. The summed E-state index contributed by atoms with van der Waals surface area (Å²) in [4.78, 5) is 15.6. The predicted octanol–water partition coefficient (Wildman–Crippen LogP) is 2.63. The molecule has 1 N–H and O–H groups in total. The molecule has 0 amide bonds. The summed E-state index contributed by atoms with van der Waals surface area (Å²) in [7, 11) is 1.63. The van der Waals surface area contributed by atoms with Gasteiger partial charge in [0.2, 0.25) is 0 Å². The number of carbonyl (C=O) groups is 1. The molecule has 112 valence electrons. The van der Waals surface area contributed by atoms with Crippen LogP contribution >= 0.6 is 12.4 Å². The van der Waals surface area contributed by atoms with Gasteiger partial charge < -0.3 is 14.4 Å². The first kappa shape index (κ1) is 15.4. The zero-order valence-corrected chi connectivity index (χ0v) is 12.5. The van der Waals surface area contributed by atoms with Gasteiger partial charge in [-0.25, -0.2) is 4.98 Å². The number of ether oxygens (including phenoxy) is 1. The van der Waals surface area contributed by atoms with Crippen LogP contribution in [0.1, 0.15) is 12.1 Å². The summed E-state index contributed by atoms with van der Waals surface area (Å²) in [6.07, 6.45) is 3.28. The van der Waals surface area contributed by atoms with E-state index in [-0.39, 0.29) is 18.3 Å². The fraction of sp³-hybridized carbons (Fsp3) is 0.333. The van der Waals surface area contributed by atoms with Crippen LogP contribution in [-0.4, -0.2) is 27.7 Å². The van der Waals surface area contributed by atoms with E-state index in [0.29, 0.717) is 13.0 Å². The van der Waals surface area contributed by atoms with Gasteiger partial charge in [-0.1, -0.05) is 12.1 Å². The fourth-order valence-corrected chi connectivity index (χ4v) is 2.64. The highest BCUT2D eigenvalue weighted by Crippen LogP contribution is 2.28. The first-order valence-corrected chi connectivity index (χ1v) is 6.60. The number of hydrogen-bond donors (Lipinski definition) is 1. The van der Waals surface area contributed by atoms with Gasteiger partial charge in [0.1, 0.15) is 11.6 Å². The average molecular weight is 309 g/mol. The number of halogens is 1. The molecule has 5 nitrogen and oxygen atoms in total. The minimum absolute atomic E-state index is 0. The number of nitrogens with zero attached hydrogens (tertiary/aromatic N) is 2. The summed E-state index contributed by atoms with van der Waals surface area (Å²) in [5.74, 6) is 0.511. The van der Waals surface area contributed by atoms with E-state index in [1.54, 1.807) is 7.11 Å². The lowest BCUT2D eigenvalue weighted by Crippen LogP contribution is -2.26. The van der Waals surface area contributed by atoms with Crippen molar-refractivity contribution in [2.75, 3.05) is 7.11 Å². The molecule has 1 aromatic carbocycles. The zero-order valence-electron chi connectivity index (χ0n) is 11.7. The molecule has 0 fully saturated rings. The van der Waals surface area contributed by atoms with E-state index < -0.39 is 5.97 Å². The molecule has 1 atom stereocenters. The van der Waals surface area contributed by atoms with Crippen molar-refractivity contribution in [2.45, 2.75) is 19.4 Å². The smallest absolute Gasteiger partial charge is 0.308 e. The van der Waals surface area contributed by atoms with Gasteiger partial charge in [0.25, 0.3) is 0 Å². The van der Waals surface area contributed by atoms with Gasteiger partial charge in [-0.3, -0.25) is 4.79 Å². The van der Waals surface area contributed by atoms with Crippen molar-refractivity contribution in [3.63, 3.8) is 0 Å². The molecule has 0 radical (unpaired) electrons. The molecule has 0 spiro atoms. The number of aryl methyl sites for hydroxylation is 1. The number of carboxylic acids is 1. The van der Waals surface area contributed by atoms with Crippen molar-refractivity contribution in [1.82, 2.24) is 9.55 Å². The van der Waals surface area contributed by atoms with E-state index in [9.17, 15) is 9.90 Å². The number of methoxy groups -OCH3 is 1. The van der Waals surface area contributed by atoms with Gasteiger partial charge in [-0.2, -0.15) is 0 Å². The maximum Gasteiger partial charge on any atom is 0.308 e. The topological polar surface area (TPSA) is 64.4 Å². The molecule has 6 heteroatoms. The Kier molecular flexibility index (Phi) is 4.53. The third-order valence-corrected chi connectivity index (χ3v) is 3.77. The average Bonchev–Trinajstić information content (AvgIpc) is 2.90. The second-order valence-electron chi connectivity index (χ2n) is 4.99. The molecule has 0 saturated carbocycles. The summed E-state index contributed by atoms with van der Waals surface area (Å²) < 4.78 is 7.24. The third kappa shape index (κ3) is 2.88. The SMILES string of the molecule is COc1cccc(-c2ncc3n2CC(C(=O)O)CC3)c1.Cl. The maximum atomic E-state index is 11.2. The predicted molar refractivity (Wildman–Crippen MR) is 80.9 cm³/mol. The number of rotatable bonds is 3. The minimum atomic E-state index is -0.735. The molecule has 1 aliphatic heterocycles. The number of fused-ring (bicyclic) bond motifs is 1. The maximum absolute atomic E-state index is 11.2. The number of imidazole rings is 1. The molecule has 1 aliphatic rings. The Morgan fingerprint density at radius 3 is 3.00 bits per heavy atom. The van der Waals surface area contributed by atoms with Crippen LogP contribution in [0.25, 0.3) is 11.4 Å². The molecule has 21 heavy (non-hydrogen) atoms. The lowest BCUT2D eigenvalue weighted by molar-refractivity contribution is -0.142. The van der Waals surface area contributed by atoms with E-state index in [0.717, 1.165) is 29.3 Å². The Hall–Kier alpha value is -2.01.